The number of para-hydroxylation sites is 1. The van der Waals surface area contributed by atoms with Gasteiger partial charge in [-0.1, -0.05) is 23.7 Å². The number of halogens is 1. The van der Waals surface area contributed by atoms with Crippen LogP contribution in [0.15, 0.2) is 36.4 Å². The third-order valence-corrected chi connectivity index (χ3v) is 3.04. The number of carboxylic acid groups (broad SMARTS) is 1. The maximum Gasteiger partial charge on any atom is 0.337 e. The molecule has 0 radical (unpaired) electrons. The van der Waals surface area contributed by atoms with Gasteiger partial charge in [0.25, 0.3) is 0 Å². The smallest absolute Gasteiger partial charge is 0.337 e. The third-order valence-electron chi connectivity index (χ3n) is 2.81. The van der Waals surface area contributed by atoms with Crippen molar-refractivity contribution in [2.24, 2.45) is 0 Å². The fourth-order valence-corrected chi connectivity index (χ4v) is 1.91. The zero-order valence-electron chi connectivity index (χ0n) is 10.3. The summed E-state index contributed by atoms with van der Waals surface area (Å²) in [6.45, 7) is 1.93. The van der Waals surface area contributed by atoms with Gasteiger partial charge in [0.1, 0.15) is 0 Å². The van der Waals surface area contributed by atoms with Gasteiger partial charge in [-0.25, -0.2) is 4.79 Å². The molecule has 0 unspecified atom stereocenters. The van der Waals surface area contributed by atoms with Crippen LogP contribution in [0.4, 0.5) is 17.1 Å². The van der Waals surface area contributed by atoms with Gasteiger partial charge >= 0.3 is 5.97 Å². The molecule has 0 heterocycles. The lowest BCUT2D eigenvalue weighted by molar-refractivity contribution is 0.0698. The van der Waals surface area contributed by atoms with Crippen molar-refractivity contribution >= 4 is 34.6 Å². The standard InChI is InChI=1S/C14H13ClN2O2/c1-8-5-6-9(15)7-12(8)17-11-4-2-3-10(13(11)16)14(18)19/h2-7,17H,16H2,1H3,(H,18,19). The number of nitrogens with two attached hydrogens (primary N) is 1. The average Bonchev–Trinajstić information content (AvgIpc) is 2.36. The Morgan fingerprint density at radius 2 is 2.00 bits per heavy atom. The van der Waals surface area contributed by atoms with Crippen LogP contribution in [0.3, 0.4) is 0 Å². The largest absolute Gasteiger partial charge is 0.478 e. The first-order chi connectivity index (χ1) is 8.99. The van der Waals surface area contributed by atoms with E-state index in [1.165, 1.54) is 6.07 Å². The molecule has 2 rings (SSSR count). The summed E-state index contributed by atoms with van der Waals surface area (Å²) in [5.74, 6) is -1.05. The van der Waals surface area contributed by atoms with E-state index in [9.17, 15) is 4.79 Å². The maximum atomic E-state index is 11.0. The van der Waals surface area contributed by atoms with Gasteiger partial charge in [-0.2, -0.15) is 0 Å². The van der Waals surface area contributed by atoms with Gasteiger partial charge in [-0.15, -0.1) is 0 Å². The Hall–Kier alpha value is -2.20. The molecule has 0 atom stereocenters. The van der Waals surface area contributed by atoms with Crippen molar-refractivity contribution in [3.63, 3.8) is 0 Å². The minimum absolute atomic E-state index is 0.0738. The van der Waals surface area contributed by atoms with Crippen LogP contribution < -0.4 is 11.1 Å². The molecule has 0 saturated carbocycles. The van der Waals surface area contributed by atoms with Gasteiger partial charge in [-0.3, -0.25) is 0 Å². The minimum Gasteiger partial charge on any atom is -0.478 e. The summed E-state index contributed by atoms with van der Waals surface area (Å²) in [7, 11) is 0. The Labute approximate surface area is 115 Å². The highest BCUT2D eigenvalue weighted by Crippen LogP contribution is 2.29. The lowest BCUT2D eigenvalue weighted by atomic mass is 10.1. The van der Waals surface area contributed by atoms with E-state index in [2.05, 4.69) is 5.32 Å². The average molecular weight is 277 g/mol. The van der Waals surface area contributed by atoms with Crippen molar-refractivity contribution in [2.45, 2.75) is 6.92 Å². The van der Waals surface area contributed by atoms with Crippen LogP contribution in [-0.4, -0.2) is 11.1 Å². The molecule has 0 saturated heterocycles. The molecule has 2 aromatic carbocycles. The molecule has 0 amide bonds. The summed E-state index contributed by atoms with van der Waals surface area (Å²) in [5, 5.41) is 12.7. The molecule has 4 nitrogen and oxygen atoms in total. The number of anilines is 3. The molecule has 0 aliphatic rings. The van der Waals surface area contributed by atoms with E-state index in [1.54, 1.807) is 24.3 Å². The molecule has 0 aliphatic carbocycles. The van der Waals surface area contributed by atoms with E-state index < -0.39 is 5.97 Å². The summed E-state index contributed by atoms with van der Waals surface area (Å²) < 4.78 is 0. The Morgan fingerprint density at radius 3 is 2.68 bits per heavy atom. The first kappa shape index (κ1) is 13.2. The number of benzene rings is 2. The van der Waals surface area contributed by atoms with E-state index in [-0.39, 0.29) is 11.3 Å². The lowest BCUT2D eigenvalue weighted by Crippen LogP contribution is -2.05. The normalized spacial score (nSPS) is 10.2. The number of hydrogen-bond acceptors (Lipinski definition) is 3. The van der Waals surface area contributed by atoms with Crippen LogP contribution in [0.25, 0.3) is 0 Å². The van der Waals surface area contributed by atoms with E-state index >= 15 is 0 Å². The molecular weight excluding hydrogens is 264 g/mol. The number of aryl methyl sites for hydroxylation is 1. The predicted octanol–water partition coefficient (Wildman–Crippen LogP) is 3.67. The Balaban J connectivity index is 2.41. The Morgan fingerprint density at radius 1 is 1.26 bits per heavy atom. The SMILES string of the molecule is Cc1ccc(Cl)cc1Nc1cccc(C(=O)O)c1N. The zero-order valence-corrected chi connectivity index (χ0v) is 11.0. The van der Waals surface area contributed by atoms with Crippen LogP contribution >= 0.6 is 11.6 Å². The Bertz CT molecular complexity index is 641. The zero-order chi connectivity index (χ0) is 14.0. The summed E-state index contributed by atoms with van der Waals surface area (Å²) in [5.41, 5.74) is 8.45. The fourth-order valence-electron chi connectivity index (χ4n) is 1.73. The molecule has 5 heteroatoms. The maximum absolute atomic E-state index is 11.0. The highest BCUT2D eigenvalue weighted by Gasteiger charge is 2.11. The second-order valence-electron chi connectivity index (χ2n) is 4.16. The lowest BCUT2D eigenvalue weighted by Gasteiger charge is -2.13. The van der Waals surface area contributed by atoms with Gasteiger partial charge in [0.05, 0.1) is 16.9 Å². The number of carbonyl (C=O) groups is 1. The number of rotatable bonds is 3. The summed E-state index contributed by atoms with van der Waals surface area (Å²) in [4.78, 5) is 11.0. The number of nitrogens with one attached hydrogen (secondary N) is 1. The van der Waals surface area contributed by atoms with Gasteiger partial charge in [0, 0.05) is 10.7 Å². The van der Waals surface area contributed by atoms with E-state index in [0.717, 1.165) is 11.3 Å². The monoisotopic (exact) mass is 276 g/mol. The summed E-state index contributed by atoms with van der Waals surface area (Å²) >= 11 is 5.94. The molecule has 0 fully saturated rings. The number of nitrogen functional groups attached to an aromatic ring is 1. The van der Waals surface area contributed by atoms with Gasteiger partial charge < -0.3 is 16.2 Å². The predicted molar refractivity (Wildman–Crippen MR) is 77.3 cm³/mol. The minimum atomic E-state index is -1.05. The van der Waals surface area contributed by atoms with Crippen molar-refractivity contribution in [2.75, 3.05) is 11.1 Å². The van der Waals surface area contributed by atoms with Gasteiger partial charge in [0.15, 0.2) is 0 Å². The third kappa shape index (κ3) is 2.80. The molecular formula is C14H13ClN2O2. The number of aromatic carboxylic acids is 1. The van der Waals surface area contributed by atoms with Gasteiger partial charge in [-0.05, 0) is 36.8 Å². The van der Waals surface area contributed by atoms with Crippen LogP contribution in [0.5, 0.6) is 0 Å². The molecule has 0 bridgehead atoms. The molecule has 4 N–H and O–H groups in total. The van der Waals surface area contributed by atoms with E-state index in [0.29, 0.717) is 10.7 Å². The van der Waals surface area contributed by atoms with Crippen LogP contribution in [0.1, 0.15) is 15.9 Å². The highest BCUT2D eigenvalue weighted by atomic mass is 35.5. The van der Waals surface area contributed by atoms with Crippen LogP contribution in [0.2, 0.25) is 5.02 Å². The molecule has 0 spiro atoms. The highest BCUT2D eigenvalue weighted by molar-refractivity contribution is 6.30. The molecule has 2 aromatic rings. The molecule has 98 valence electrons. The second-order valence-corrected chi connectivity index (χ2v) is 4.59. The molecule has 0 aliphatic heterocycles. The topological polar surface area (TPSA) is 75.3 Å². The van der Waals surface area contributed by atoms with Crippen LogP contribution in [0, 0.1) is 6.92 Å². The van der Waals surface area contributed by atoms with Crippen molar-refractivity contribution < 1.29 is 9.90 Å². The fraction of sp³-hybridized carbons (Fsp3) is 0.0714. The first-order valence-electron chi connectivity index (χ1n) is 5.64. The molecule has 19 heavy (non-hydrogen) atoms. The quantitative estimate of drug-likeness (QED) is 0.748. The summed E-state index contributed by atoms with van der Waals surface area (Å²) in [6.07, 6.45) is 0. The Kier molecular flexibility index (Phi) is 3.62. The van der Waals surface area contributed by atoms with Crippen molar-refractivity contribution in [3.05, 3.63) is 52.5 Å². The van der Waals surface area contributed by atoms with Crippen molar-refractivity contribution in [3.8, 4) is 0 Å². The van der Waals surface area contributed by atoms with Gasteiger partial charge in [0.2, 0.25) is 0 Å². The van der Waals surface area contributed by atoms with Crippen molar-refractivity contribution in [1.82, 2.24) is 0 Å². The number of hydrogen-bond donors (Lipinski definition) is 3. The second kappa shape index (κ2) is 5.20. The number of carboxylic acids is 1. The first-order valence-corrected chi connectivity index (χ1v) is 6.02. The molecule has 0 aromatic heterocycles. The van der Waals surface area contributed by atoms with E-state index in [1.807, 2.05) is 13.0 Å². The van der Waals surface area contributed by atoms with Crippen LogP contribution in [-0.2, 0) is 0 Å². The van der Waals surface area contributed by atoms with E-state index in [4.69, 9.17) is 22.4 Å². The summed E-state index contributed by atoms with van der Waals surface area (Å²) in [6, 6.07) is 10.3. The van der Waals surface area contributed by atoms with Crippen molar-refractivity contribution in [1.29, 1.82) is 0 Å².